The number of rotatable bonds is 5. The number of sulfonamides is 1. The minimum absolute atomic E-state index is 0.0365. The topological polar surface area (TPSA) is 88.3 Å². The first kappa shape index (κ1) is 12.7. The Morgan fingerprint density at radius 2 is 2.12 bits per heavy atom. The van der Waals surface area contributed by atoms with E-state index >= 15 is 0 Å². The molecule has 0 aliphatic carbocycles. The number of nitrogens with one attached hydrogen (secondary N) is 1. The summed E-state index contributed by atoms with van der Waals surface area (Å²) in [6, 6.07) is 1.70. The molecule has 0 aromatic carbocycles. The van der Waals surface area contributed by atoms with Crippen LogP contribution in [0.2, 0.25) is 0 Å². The van der Waals surface area contributed by atoms with Crippen molar-refractivity contribution in [2.24, 2.45) is 0 Å². The fourth-order valence-electron chi connectivity index (χ4n) is 1.06. The average Bonchev–Trinajstić information content (AvgIpc) is 2.17. The smallest absolute Gasteiger partial charge is 0.215 e. The van der Waals surface area contributed by atoms with Crippen LogP contribution in [0.15, 0.2) is 18.5 Å². The Morgan fingerprint density at radius 1 is 1.44 bits per heavy atom. The highest BCUT2D eigenvalue weighted by molar-refractivity contribution is 7.89. The van der Waals surface area contributed by atoms with E-state index in [1.54, 1.807) is 12.3 Å². The molecule has 90 valence electrons. The summed E-state index contributed by atoms with van der Waals surface area (Å²) >= 11 is 0. The summed E-state index contributed by atoms with van der Waals surface area (Å²) in [6.45, 7) is 0.325. The second-order valence-corrected chi connectivity index (χ2v) is 5.83. The highest BCUT2D eigenvalue weighted by Gasteiger charge is 2.12. The molecule has 0 radical (unpaired) electrons. The molecule has 1 rings (SSSR count). The fraction of sp³-hybridized carbons (Fsp3) is 0.444. The van der Waals surface area contributed by atoms with Gasteiger partial charge in [0.2, 0.25) is 10.0 Å². The van der Waals surface area contributed by atoms with E-state index in [4.69, 9.17) is 5.73 Å². The van der Waals surface area contributed by atoms with Crippen LogP contribution in [-0.2, 0) is 10.0 Å². The van der Waals surface area contributed by atoms with Crippen LogP contribution in [0.4, 0.5) is 11.4 Å². The van der Waals surface area contributed by atoms with Gasteiger partial charge in [-0.25, -0.2) is 12.7 Å². The normalized spacial score (nSPS) is 11.7. The Balaban J connectivity index is 2.48. The number of nitrogen functional groups attached to an aromatic ring is 1. The van der Waals surface area contributed by atoms with Crippen molar-refractivity contribution in [3.63, 3.8) is 0 Å². The van der Waals surface area contributed by atoms with Crippen molar-refractivity contribution >= 4 is 21.4 Å². The summed E-state index contributed by atoms with van der Waals surface area (Å²) in [6.07, 6.45) is 3.13. The summed E-state index contributed by atoms with van der Waals surface area (Å²) in [7, 11) is -0.137. The zero-order chi connectivity index (χ0) is 12.2. The average molecular weight is 244 g/mol. The van der Waals surface area contributed by atoms with Crippen molar-refractivity contribution in [1.82, 2.24) is 9.29 Å². The Labute approximate surface area is 95.5 Å². The Kier molecular flexibility index (Phi) is 4.08. The molecule has 1 heterocycles. The predicted molar refractivity (Wildman–Crippen MR) is 64.6 cm³/mol. The van der Waals surface area contributed by atoms with E-state index in [0.717, 1.165) is 0 Å². The Bertz CT molecular complexity index is 445. The molecule has 0 aliphatic heterocycles. The molecule has 7 heteroatoms. The lowest BCUT2D eigenvalue weighted by Gasteiger charge is -2.12. The number of nitrogens with zero attached hydrogens (tertiary/aromatic N) is 2. The second kappa shape index (κ2) is 5.13. The number of hydrogen-bond donors (Lipinski definition) is 2. The molecular weight excluding hydrogens is 228 g/mol. The van der Waals surface area contributed by atoms with Gasteiger partial charge in [-0.3, -0.25) is 4.98 Å². The molecule has 0 amide bonds. The van der Waals surface area contributed by atoms with Crippen molar-refractivity contribution < 1.29 is 8.42 Å². The van der Waals surface area contributed by atoms with Crippen LogP contribution in [0.3, 0.4) is 0 Å². The molecule has 1 aromatic heterocycles. The molecule has 3 N–H and O–H groups in total. The summed E-state index contributed by atoms with van der Waals surface area (Å²) in [5.74, 6) is 0.0365. The third-order valence-corrected chi connectivity index (χ3v) is 3.84. The molecule has 0 saturated heterocycles. The quantitative estimate of drug-likeness (QED) is 0.759. The third kappa shape index (κ3) is 3.67. The first-order valence-corrected chi connectivity index (χ1v) is 6.37. The van der Waals surface area contributed by atoms with Crippen LogP contribution in [-0.4, -0.2) is 44.1 Å². The Hall–Kier alpha value is -1.34. The highest BCUT2D eigenvalue weighted by atomic mass is 32.2. The molecule has 16 heavy (non-hydrogen) atoms. The van der Waals surface area contributed by atoms with E-state index in [-0.39, 0.29) is 5.75 Å². The molecule has 0 aliphatic rings. The molecule has 1 aromatic rings. The molecular formula is C9H16N4O2S. The molecule has 0 atom stereocenters. The molecule has 0 fully saturated rings. The SMILES string of the molecule is CN(C)S(=O)(=O)CCNc1cncc(N)c1. The van der Waals surface area contributed by atoms with E-state index in [1.807, 2.05) is 0 Å². The van der Waals surface area contributed by atoms with E-state index in [0.29, 0.717) is 17.9 Å². The van der Waals surface area contributed by atoms with Crippen molar-refractivity contribution in [3.05, 3.63) is 18.5 Å². The van der Waals surface area contributed by atoms with Gasteiger partial charge in [-0.05, 0) is 6.07 Å². The highest BCUT2D eigenvalue weighted by Crippen LogP contribution is 2.08. The van der Waals surface area contributed by atoms with Crippen molar-refractivity contribution in [3.8, 4) is 0 Å². The van der Waals surface area contributed by atoms with Crippen LogP contribution in [0.1, 0.15) is 0 Å². The van der Waals surface area contributed by atoms with Gasteiger partial charge in [-0.2, -0.15) is 0 Å². The maximum absolute atomic E-state index is 11.4. The van der Waals surface area contributed by atoms with Gasteiger partial charge in [-0.15, -0.1) is 0 Å². The maximum Gasteiger partial charge on any atom is 0.215 e. The molecule has 6 nitrogen and oxygen atoms in total. The lowest BCUT2D eigenvalue weighted by Crippen LogP contribution is -2.28. The summed E-state index contributed by atoms with van der Waals surface area (Å²) < 4.78 is 24.1. The van der Waals surface area contributed by atoms with Gasteiger partial charge in [-0.1, -0.05) is 0 Å². The number of anilines is 2. The molecule has 0 saturated carbocycles. The van der Waals surface area contributed by atoms with Gasteiger partial charge in [0.25, 0.3) is 0 Å². The first-order valence-electron chi connectivity index (χ1n) is 4.76. The van der Waals surface area contributed by atoms with Gasteiger partial charge in [0.05, 0.1) is 23.3 Å². The molecule has 0 unspecified atom stereocenters. The lowest BCUT2D eigenvalue weighted by atomic mass is 10.4. The second-order valence-electron chi connectivity index (χ2n) is 3.53. The Morgan fingerprint density at radius 3 is 2.69 bits per heavy atom. The number of pyridine rings is 1. The van der Waals surface area contributed by atoms with Crippen molar-refractivity contribution in [2.75, 3.05) is 37.4 Å². The van der Waals surface area contributed by atoms with E-state index < -0.39 is 10.0 Å². The van der Waals surface area contributed by atoms with Gasteiger partial charge < -0.3 is 11.1 Å². The predicted octanol–water partition coefficient (Wildman–Crippen LogP) is -0.0329. The van der Waals surface area contributed by atoms with Gasteiger partial charge in [0.1, 0.15) is 0 Å². The van der Waals surface area contributed by atoms with Crippen molar-refractivity contribution in [1.29, 1.82) is 0 Å². The van der Waals surface area contributed by atoms with Crippen LogP contribution in [0.5, 0.6) is 0 Å². The zero-order valence-electron chi connectivity index (χ0n) is 9.34. The third-order valence-electron chi connectivity index (χ3n) is 2.00. The summed E-state index contributed by atoms with van der Waals surface area (Å²) in [5, 5.41) is 2.95. The molecule has 0 spiro atoms. The minimum Gasteiger partial charge on any atom is -0.397 e. The lowest BCUT2D eigenvalue weighted by molar-refractivity contribution is 0.521. The van der Waals surface area contributed by atoms with Gasteiger partial charge >= 0.3 is 0 Å². The number of hydrogen-bond acceptors (Lipinski definition) is 5. The van der Waals surface area contributed by atoms with Crippen LogP contribution >= 0.6 is 0 Å². The van der Waals surface area contributed by atoms with Crippen LogP contribution in [0.25, 0.3) is 0 Å². The minimum atomic E-state index is -3.16. The van der Waals surface area contributed by atoms with E-state index in [1.165, 1.54) is 24.6 Å². The molecule has 0 bridgehead atoms. The maximum atomic E-state index is 11.4. The summed E-state index contributed by atoms with van der Waals surface area (Å²) in [5.41, 5.74) is 6.79. The largest absolute Gasteiger partial charge is 0.397 e. The first-order chi connectivity index (χ1) is 7.42. The number of aromatic nitrogens is 1. The fourth-order valence-corrected chi connectivity index (χ4v) is 1.79. The summed E-state index contributed by atoms with van der Waals surface area (Å²) in [4.78, 5) is 3.89. The standard InChI is InChI=1S/C9H16N4O2S/c1-13(2)16(14,15)4-3-12-9-5-8(10)6-11-7-9/h5-7,12H,3-4,10H2,1-2H3. The van der Waals surface area contributed by atoms with Crippen molar-refractivity contribution in [2.45, 2.75) is 0 Å². The van der Waals surface area contributed by atoms with Crippen LogP contribution in [0, 0.1) is 0 Å². The van der Waals surface area contributed by atoms with E-state index in [9.17, 15) is 8.42 Å². The number of nitrogens with two attached hydrogens (primary N) is 1. The van der Waals surface area contributed by atoms with Gasteiger partial charge in [0, 0.05) is 26.8 Å². The van der Waals surface area contributed by atoms with E-state index in [2.05, 4.69) is 10.3 Å². The van der Waals surface area contributed by atoms with Crippen LogP contribution < -0.4 is 11.1 Å². The van der Waals surface area contributed by atoms with Gasteiger partial charge in [0.15, 0.2) is 0 Å². The monoisotopic (exact) mass is 244 g/mol. The zero-order valence-corrected chi connectivity index (χ0v) is 10.2.